The topological polar surface area (TPSA) is 98.5 Å². The van der Waals surface area contributed by atoms with Crippen molar-refractivity contribution in [2.24, 2.45) is 5.92 Å². The van der Waals surface area contributed by atoms with Crippen molar-refractivity contribution in [3.63, 3.8) is 0 Å². The Balaban J connectivity index is 2.16. The van der Waals surface area contributed by atoms with Gasteiger partial charge in [-0.1, -0.05) is 26.0 Å². The lowest BCUT2D eigenvalue weighted by Crippen LogP contribution is -2.28. The second-order valence-electron chi connectivity index (χ2n) is 8.19. The zero-order valence-corrected chi connectivity index (χ0v) is 19.7. The van der Waals surface area contributed by atoms with Crippen LogP contribution in [0.4, 0.5) is 17.6 Å². The molecule has 188 valence electrons. The van der Waals surface area contributed by atoms with Crippen LogP contribution < -0.4 is 10.3 Å². The van der Waals surface area contributed by atoms with E-state index in [2.05, 4.69) is 5.10 Å². The van der Waals surface area contributed by atoms with Gasteiger partial charge in [-0.25, -0.2) is 12.8 Å². The smallest absolute Gasteiger partial charge is 0.419 e. The summed E-state index contributed by atoms with van der Waals surface area (Å²) < 4.78 is 82.9. The van der Waals surface area contributed by atoms with Crippen LogP contribution in [0.5, 0.6) is 5.75 Å². The molecule has 1 N–H and O–H groups in total. The zero-order chi connectivity index (χ0) is 26.1. The predicted octanol–water partition coefficient (Wildman–Crippen LogP) is 3.86. The van der Waals surface area contributed by atoms with E-state index in [0.717, 1.165) is 18.5 Å². The van der Waals surface area contributed by atoms with E-state index in [1.165, 1.54) is 24.3 Å². The third kappa shape index (κ3) is 5.88. The highest BCUT2D eigenvalue weighted by Gasteiger charge is 2.34. The molecule has 1 aromatic heterocycles. The van der Waals surface area contributed by atoms with E-state index in [9.17, 15) is 35.9 Å². The minimum atomic E-state index is -4.99. The fourth-order valence-electron chi connectivity index (χ4n) is 3.07. The number of benzene rings is 2. The number of ether oxygens (including phenoxy) is 1. The Morgan fingerprint density at radius 3 is 2.29 bits per heavy atom. The van der Waals surface area contributed by atoms with Crippen molar-refractivity contribution in [2.75, 3.05) is 12.9 Å². The average molecular weight is 514 g/mol. The maximum Gasteiger partial charge on any atom is 0.419 e. The van der Waals surface area contributed by atoms with Crippen molar-refractivity contribution in [3.05, 3.63) is 70.4 Å². The van der Waals surface area contributed by atoms with Gasteiger partial charge in [-0.15, -0.1) is 0 Å². The maximum absolute atomic E-state index is 13.7. The molecule has 7 nitrogen and oxygen atoms in total. The fraction of sp³-hybridized carbons (Fsp3) is 0.304. The Kier molecular flexibility index (Phi) is 7.37. The van der Waals surface area contributed by atoms with Gasteiger partial charge in [0.2, 0.25) is 0 Å². The van der Waals surface area contributed by atoms with E-state index in [0.29, 0.717) is 22.4 Å². The van der Waals surface area contributed by atoms with Gasteiger partial charge in [0.1, 0.15) is 12.4 Å². The monoisotopic (exact) mass is 514 g/mol. The molecule has 0 aliphatic carbocycles. The number of aliphatic hydroxyl groups excluding tert-OH is 1. The fourth-order valence-corrected chi connectivity index (χ4v) is 3.70. The average Bonchev–Trinajstić information content (AvgIpc) is 2.77. The maximum atomic E-state index is 13.7. The normalized spacial score (nSPS) is 13.2. The summed E-state index contributed by atoms with van der Waals surface area (Å²) in [5, 5.41) is 14.1. The lowest BCUT2D eigenvalue weighted by atomic mass is 10.1. The number of aliphatic hydroxyl groups is 1. The van der Waals surface area contributed by atoms with E-state index in [-0.39, 0.29) is 34.4 Å². The molecule has 0 saturated carbocycles. The summed E-state index contributed by atoms with van der Waals surface area (Å²) >= 11 is 0. The number of hydrogen-bond donors (Lipinski definition) is 1. The molecular formula is C23H22F4N2O5S. The second-order valence-corrected chi connectivity index (χ2v) is 10.2. The highest BCUT2D eigenvalue weighted by molar-refractivity contribution is 7.90. The molecule has 0 saturated heterocycles. The quantitative estimate of drug-likeness (QED) is 0.481. The van der Waals surface area contributed by atoms with Gasteiger partial charge in [-0.3, -0.25) is 4.79 Å². The van der Waals surface area contributed by atoms with Crippen LogP contribution in [-0.2, 0) is 16.0 Å². The van der Waals surface area contributed by atoms with Crippen molar-refractivity contribution >= 4 is 9.84 Å². The molecular weight excluding hydrogens is 492 g/mol. The molecule has 0 unspecified atom stereocenters. The first kappa shape index (κ1) is 26.4. The SMILES string of the molecule is CC(C)[C@@H](O)COc1c(-c2ccc(S(C)(=O)=O)cc2)cnn(-c2ccc(F)c(C(F)(F)F)c2)c1=O. The largest absolute Gasteiger partial charge is 0.485 e. The van der Waals surface area contributed by atoms with E-state index in [1.54, 1.807) is 13.8 Å². The minimum Gasteiger partial charge on any atom is -0.485 e. The van der Waals surface area contributed by atoms with E-state index >= 15 is 0 Å². The number of alkyl halides is 3. The molecule has 1 heterocycles. The summed E-state index contributed by atoms with van der Waals surface area (Å²) in [5.41, 5.74) is -2.40. The molecule has 35 heavy (non-hydrogen) atoms. The summed E-state index contributed by atoms with van der Waals surface area (Å²) in [5.74, 6) is -2.05. The Labute approximate surface area is 198 Å². The van der Waals surface area contributed by atoms with Crippen molar-refractivity contribution in [1.82, 2.24) is 9.78 Å². The molecule has 0 aliphatic rings. The van der Waals surface area contributed by atoms with Gasteiger partial charge in [0.25, 0.3) is 0 Å². The first-order valence-electron chi connectivity index (χ1n) is 10.3. The molecule has 0 radical (unpaired) electrons. The van der Waals surface area contributed by atoms with Gasteiger partial charge in [0.15, 0.2) is 15.6 Å². The van der Waals surface area contributed by atoms with Gasteiger partial charge in [0, 0.05) is 11.8 Å². The predicted molar refractivity (Wildman–Crippen MR) is 120 cm³/mol. The number of rotatable bonds is 7. The van der Waals surface area contributed by atoms with Crippen LogP contribution in [0, 0.1) is 11.7 Å². The summed E-state index contributed by atoms with van der Waals surface area (Å²) in [7, 11) is -3.48. The third-order valence-corrected chi connectivity index (χ3v) is 6.32. The molecule has 12 heteroatoms. The van der Waals surface area contributed by atoms with Crippen molar-refractivity contribution in [2.45, 2.75) is 31.0 Å². The van der Waals surface area contributed by atoms with Crippen LogP contribution in [0.25, 0.3) is 16.8 Å². The molecule has 0 fully saturated rings. The van der Waals surface area contributed by atoms with Gasteiger partial charge in [-0.2, -0.15) is 23.0 Å². The molecule has 0 spiro atoms. The second kappa shape index (κ2) is 9.78. The first-order chi connectivity index (χ1) is 16.2. The lowest BCUT2D eigenvalue weighted by molar-refractivity contribution is -0.140. The summed E-state index contributed by atoms with van der Waals surface area (Å²) in [4.78, 5) is 13.3. The zero-order valence-electron chi connectivity index (χ0n) is 18.9. The van der Waals surface area contributed by atoms with Gasteiger partial charge >= 0.3 is 11.7 Å². The number of aromatic nitrogens is 2. The molecule has 0 amide bonds. The van der Waals surface area contributed by atoms with Crippen molar-refractivity contribution in [1.29, 1.82) is 0 Å². The van der Waals surface area contributed by atoms with Gasteiger partial charge in [0.05, 0.1) is 28.4 Å². The van der Waals surface area contributed by atoms with Crippen LogP contribution in [0.2, 0.25) is 0 Å². The lowest BCUT2D eigenvalue weighted by Gasteiger charge is -2.18. The first-order valence-corrected chi connectivity index (χ1v) is 12.2. The minimum absolute atomic E-state index is 0.0336. The van der Waals surface area contributed by atoms with Crippen LogP contribution in [-0.4, -0.2) is 42.3 Å². The Morgan fingerprint density at radius 1 is 1.11 bits per heavy atom. The number of nitrogens with zero attached hydrogens (tertiary/aromatic N) is 2. The summed E-state index contributed by atoms with van der Waals surface area (Å²) in [6.07, 6.45) is -3.76. The van der Waals surface area contributed by atoms with Gasteiger partial charge < -0.3 is 9.84 Å². The number of hydrogen-bond acceptors (Lipinski definition) is 6. The molecule has 0 bridgehead atoms. The molecule has 1 atom stereocenters. The Bertz CT molecular complexity index is 1380. The molecule has 3 aromatic rings. The van der Waals surface area contributed by atoms with Crippen LogP contribution in [0.3, 0.4) is 0 Å². The number of sulfone groups is 1. The van der Waals surface area contributed by atoms with Crippen LogP contribution >= 0.6 is 0 Å². The van der Waals surface area contributed by atoms with E-state index in [4.69, 9.17) is 4.74 Å². The van der Waals surface area contributed by atoms with Crippen LogP contribution in [0.1, 0.15) is 19.4 Å². The highest BCUT2D eigenvalue weighted by Crippen LogP contribution is 2.33. The van der Waals surface area contributed by atoms with Crippen molar-refractivity contribution < 1.29 is 35.8 Å². The Hall–Kier alpha value is -3.25. The molecule has 2 aromatic carbocycles. The van der Waals surface area contributed by atoms with Gasteiger partial charge in [-0.05, 0) is 41.8 Å². The highest BCUT2D eigenvalue weighted by atomic mass is 32.2. The summed E-state index contributed by atoms with van der Waals surface area (Å²) in [6, 6.07) is 7.47. The standard InChI is InChI=1S/C23H22F4N2O5S/c1-13(2)20(30)12-34-21-17(14-4-7-16(8-5-14)35(3,32)33)11-28-29(22(21)31)15-6-9-19(24)18(10-15)23(25,26)27/h4-11,13,20,30H,12H2,1-3H3/t20-/m0/s1. The Morgan fingerprint density at radius 2 is 1.74 bits per heavy atom. The summed E-state index contributed by atoms with van der Waals surface area (Å²) in [6.45, 7) is 3.14. The third-order valence-electron chi connectivity index (χ3n) is 5.19. The van der Waals surface area contributed by atoms with E-state index < -0.39 is 39.1 Å². The molecule has 3 rings (SSSR count). The van der Waals surface area contributed by atoms with Crippen molar-refractivity contribution in [3.8, 4) is 22.6 Å². The van der Waals surface area contributed by atoms with E-state index in [1.807, 2.05) is 0 Å². The van der Waals surface area contributed by atoms with Crippen LogP contribution in [0.15, 0.2) is 58.4 Å². The molecule has 0 aliphatic heterocycles. The number of halogens is 4.